The molecule has 1 unspecified atom stereocenters. The number of anilines is 2. The molecule has 1 saturated heterocycles. The molecule has 102 valence electrons. The lowest BCUT2D eigenvalue weighted by atomic mass is 10.1. The number of nitrogens with two attached hydrogens (primary N) is 1. The van der Waals surface area contributed by atoms with E-state index in [0.717, 1.165) is 0 Å². The molecule has 1 aromatic heterocycles. The Hall–Kier alpha value is -1.58. The topological polar surface area (TPSA) is 90.4 Å². The first-order valence-corrected chi connectivity index (χ1v) is 7.07. The highest BCUT2D eigenvalue weighted by atomic mass is 32.1. The lowest BCUT2D eigenvalue weighted by molar-refractivity contribution is 0.0944. The van der Waals surface area contributed by atoms with Gasteiger partial charge in [-0.1, -0.05) is 13.8 Å². The summed E-state index contributed by atoms with van der Waals surface area (Å²) >= 11 is 1.26. The van der Waals surface area contributed by atoms with Crippen LogP contribution in [0, 0.1) is 17.2 Å². The van der Waals surface area contributed by atoms with Gasteiger partial charge in [-0.15, -0.1) is 11.3 Å². The highest BCUT2D eigenvalue weighted by Crippen LogP contribution is 2.40. The van der Waals surface area contributed by atoms with Gasteiger partial charge in [0.15, 0.2) is 5.78 Å². The number of aliphatic hydroxyl groups is 1. The zero-order valence-corrected chi connectivity index (χ0v) is 11.8. The molecule has 2 heterocycles. The molecule has 0 radical (unpaired) electrons. The van der Waals surface area contributed by atoms with Crippen LogP contribution in [0.15, 0.2) is 0 Å². The number of β-amino-alcohol motifs (C(OH)–C–C–N with tert-alkyl or cyclic N) is 1. The van der Waals surface area contributed by atoms with E-state index in [2.05, 4.69) is 6.07 Å². The van der Waals surface area contributed by atoms with E-state index in [9.17, 15) is 15.2 Å². The van der Waals surface area contributed by atoms with Gasteiger partial charge in [0.1, 0.15) is 16.6 Å². The molecule has 1 aliphatic rings. The van der Waals surface area contributed by atoms with Gasteiger partial charge in [0.05, 0.1) is 16.7 Å². The van der Waals surface area contributed by atoms with Crippen LogP contribution < -0.4 is 10.6 Å². The largest absolute Gasteiger partial charge is 0.396 e. The molecule has 2 rings (SSSR count). The molecule has 0 amide bonds. The molecule has 0 spiro atoms. The lowest BCUT2D eigenvalue weighted by Crippen LogP contribution is -2.20. The Labute approximate surface area is 116 Å². The van der Waals surface area contributed by atoms with Crippen LogP contribution in [-0.2, 0) is 0 Å². The minimum atomic E-state index is -0.376. The normalized spacial score (nSPS) is 18.9. The SMILES string of the molecule is CC(C)C(=O)c1sc(N2CCC(O)C2)c(C#N)c1N. The van der Waals surface area contributed by atoms with Gasteiger partial charge in [0, 0.05) is 19.0 Å². The lowest BCUT2D eigenvalue weighted by Gasteiger charge is -2.15. The molecule has 1 aromatic rings. The first-order valence-electron chi connectivity index (χ1n) is 6.25. The van der Waals surface area contributed by atoms with E-state index in [1.807, 2.05) is 18.7 Å². The first-order chi connectivity index (χ1) is 8.95. The zero-order chi connectivity index (χ0) is 14.2. The number of hydrogen-bond donors (Lipinski definition) is 2. The number of Topliss-reactive ketones (excluding diaryl/α,β-unsaturated/α-hetero) is 1. The van der Waals surface area contributed by atoms with Crippen molar-refractivity contribution in [2.75, 3.05) is 23.7 Å². The van der Waals surface area contributed by atoms with Crippen LogP contribution >= 0.6 is 11.3 Å². The number of carbonyl (C=O) groups excluding carboxylic acids is 1. The number of nitrogen functional groups attached to an aromatic ring is 1. The summed E-state index contributed by atoms with van der Waals surface area (Å²) in [5.41, 5.74) is 6.58. The fraction of sp³-hybridized carbons (Fsp3) is 0.538. The smallest absolute Gasteiger partial charge is 0.177 e. The molecule has 1 atom stereocenters. The predicted octanol–water partition coefficient (Wildman–Crippen LogP) is 1.61. The van der Waals surface area contributed by atoms with Crippen LogP contribution in [0.1, 0.15) is 35.5 Å². The van der Waals surface area contributed by atoms with Gasteiger partial charge in [-0.25, -0.2) is 0 Å². The highest BCUT2D eigenvalue weighted by molar-refractivity contribution is 7.19. The number of carbonyl (C=O) groups is 1. The molecule has 0 aromatic carbocycles. The van der Waals surface area contributed by atoms with Crippen LogP contribution in [0.3, 0.4) is 0 Å². The number of nitrogens with zero attached hydrogens (tertiary/aromatic N) is 2. The average Bonchev–Trinajstić information content (AvgIpc) is 2.92. The highest BCUT2D eigenvalue weighted by Gasteiger charge is 2.29. The summed E-state index contributed by atoms with van der Waals surface area (Å²) in [7, 11) is 0. The summed E-state index contributed by atoms with van der Waals surface area (Å²) in [6.45, 7) is 4.80. The minimum Gasteiger partial charge on any atom is -0.396 e. The Morgan fingerprint density at radius 1 is 1.63 bits per heavy atom. The van der Waals surface area contributed by atoms with Crippen molar-refractivity contribution in [2.45, 2.75) is 26.4 Å². The summed E-state index contributed by atoms with van der Waals surface area (Å²) in [5.74, 6) is -0.186. The van der Waals surface area contributed by atoms with Gasteiger partial charge < -0.3 is 15.7 Å². The van der Waals surface area contributed by atoms with E-state index in [1.54, 1.807) is 0 Å². The molecule has 1 fully saturated rings. The number of rotatable bonds is 3. The van der Waals surface area contributed by atoms with Crippen molar-refractivity contribution in [1.29, 1.82) is 5.26 Å². The fourth-order valence-corrected chi connectivity index (χ4v) is 3.43. The molecule has 0 saturated carbocycles. The third-order valence-corrected chi connectivity index (χ3v) is 4.52. The quantitative estimate of drug-likeness (QED) is 0.820. The van der Waals surface area contributed by atoms with Gasteiger partial charge in [-0.2, -0.15) is 5.26 Å². The first kappa shape index (κ1) is 13.8. The van der Waals surface area contributed by atoms with Crippen molar-refractivity contribution in [3.8, 4) is 6.07 Å². The van der Waals surface area contributed by atoms with Crippen LogP contribution in [-0.4, -0.2) is 30.1 Å². The maximum atomic E-state index is 12.1. The molecule has 6 heteroatoms. The van der Waals surface area contributed by atoms with Crippen LogP contribution in [0.4, 0.5) is 10.7 Å². The zero-order valence-electron chi connectivity index (χ0n) is 11.0. The molecule has 5 nitrogen and oxygen atoms in total. The van der Waals surface area contributed by atoms with Gasteiger partial charge in [-0.3, -0.25) is 4.79 Å². The van der Waals surface area contributed by atoms with E-state index in [-0.39, 0.29) is 23.5 Å². The molecule has 0 bridgehead atoms. The van der Waals surface area contributed by atoms with E-state index >= 15 is 0 Å². The summed E-state index contributed by atoms with van der Waals surface area (Å²) in [4.78, 5) is 14.5. The predicted molar refractivity (Wildman–Crippen MR) is 75.5 cm³/mol. The summed E-state index contributed by atoms with van der Waals surface area (Å²) < 4.78 is 0. The molecule has 1 aliphatic heterocycles. The van der Waals surface area contributed by atoms with E-state index < -0.39 is 0 Å². The Balaban J connectivity index is 2.43. The maximum Gasteiger partial charge on any atom is 0.177 e. The number of ketones is 1. The Morgan fingerprint density at radius 3 is 2.79 bits per heavy atom. The molecule has 19 heavy (non-hydrogen) atoms. The van der Waals surface area contributed by atoms with Crippen molar-refractivity contribution < 1.29 is 9.90 Å². The van der Waals surface area contributed by atoms with E-state index in [4.69, 9.17) is 5.73 Å². The average molecular weight is 279 g/mol. The third kappa shape index (κ3) is 2.44. The Kier molecular flexibility index (Phi) is 3.78. The summed E-state index contributed by atoms with van der Waals surface area (Å²) in [5, 5.41) is 19.5. The second-order valence-electron chi connectivity index (χ2n) is 5.04. The second-order valence-corrected chi connectivity index (χ2v) is 6.04. The van der Waals surface area contributed by atoms with Gasteiger partial charge >= 0.3 is 0 Å². The Morgan fingerprint density at radius 2 is 2.32 bits per heavy atom. The van der Waals surface area contributed by atoms with Crippen molar-refractivity contribution in [3.05, 3.63) is 10.4 Å². The summed E-state index contributed by atoms with van der Waals surface area (Å²) in [6.07, 6.45) is 0.301. The van der Waals surface area contributed by atoms with Crippen LogP contribution in [0.5, 0.6) is 0 Å². The minimum absolute atomic E-state index is 0.0370. The van der Waals surface area contributed by atoms with Gasteiger partial charge in [0.25, 0.3) is 0 Å². The third-order valence-electron chi connectivity index (χ3n) is 3.24. The second kappa shape index (κ2) is 5.19. The Bertz CT molecular complexity index is 545. The van der Waals surface area contributed by atoms with Crippen molar-refractivity contribution in [1.82, 2.24) is 0 Å². The van der Waals surface area contributed by atoms with Gasteiger partial charge in [-0.05, 0) is 6.42 Å². The van der Waals surface area contributed by atoms with E-state index in [0.29, 0.717) is 35.0 Å². The number of hydrogen-bond acceptors (Lipinski definition) is 6. The van der Waals surface area contributed by atoms with Crippen molar-refractivity contribution in [3.63, 3.8) is 0 Å². The standard InChI is InChI=1S/C13H17N3O2S/c1-7(2)11(18)12-10(15)9(5-14)13(19-12)16-4-3-8(17)6-16/h7-8,17H,3-4,6,15H2,1-2H3. The fourth-order valence-electron chi connectivity index (χ4n) is 2.13. The van der Waals surface area contributed by atoms with Crippen LogP contribution in [0.2, 0.25) is 0 Å². The molecule has 3 N–H and O–H groups in total. The molecular formula is C13H17N3O2S. The summed E-state index contributed by atoms with van der Waals surface area (Å²) in [6, 6.07) is 2.08. The number of aliphatic hydroxyl groups excluding tert-OH is 1. The maximum absolute atomic E-state index is 12.1. The van der Waals surface area contributed by atoms with Crippen LogP contribution in [0.25, 0.3) is 0 Å². The number of thiophene rings is 1. The van der Waals surface area contributed by atoms with E-state index in [1.165, 1.54) is 11.3 Å². The van der Waals surface area contributed by atoms with Crippen molar-refractivity contribution in [2.24, 2.45) is 5.92 Å². The molecular weight excluding hydrogens is 262 g/mol. The monoisotopic (exact) mass is 279 g/mol. The van der Waals surface area contributed by atoms with Gasteiger partial charge in [0.2, 0.25) is 0 Å². The molecule has 0 aliphatic carbocycles. The van der Waals surface area contributed by atoms with Crippen molar-refractivity contribution >= 4 is 27.8 Å². The number of nitriles is 1.